The summed E-state index contributed by atoms with van der Waals surface area (Å²) in [4.78, 5) is 10.7. The highest BCUT2D eigenvalue weighted by Gasteiger charge is 2.13. The lowest BCUT2D eigenvalue weighted by Gasteiger charge is -2.00. The van der Waals surface area contributed by atoms with Gasteiger partial charge in [0.2, 0.25) is 5.76 Å². The van der Waals surface area contributed by atoms with E-state index in [2.05, 4.69) is 12.2 Å². The van der Waals surface area contributed by atoms with Gasteiger partial charge in [0.25, 0.3) is 0 Å². The number of aromatic carboxylic acids is 1. The molecular weight excluding hydrogens is 206 g/mol. The number of aryl methyl sites for hydroxylation is 1. The van der Waals surface area contributed by atoms with Crippen molar-refractivity contribution in [2.45, 2.75) is 39.7 Å². The van der Waals surface area contributed by atoms with E-state index < -0.39 is 5.97 Å². The summed E-state index contributed by atoms with van der Waals surface area (Å²) in [6.45, 7) is 5.44. The molecule has 1 aromatic heterocycles. The molecule has 4 heteroatoms. The first-order valence-corrected chi connectivity index (χ1v) is 5.68. The summed E-state index contributed by atoms with van der Waals surface area (Å²) < 4.78 is 5.22. The number of carbonyl (C=O) groups is 1. The third-order valence-electron chi connectivity index (χ3n) is 2.42. The highest BCUT2D eigenvalue weighted by atomic mass is 16.4. The van der Waals surface area contributed by atoms with Crippen LogP contribution < -0.4 is 5.32 Å². The molecular formula is C12H19NO3. The molecule has 0 aliphatic rings. The molecule has 0 spiro atoms. The Kier molecular flexibility index (Phi) is 5.05. The van der Waals surface area contributed by atoms with Gasteiger partial charge in [0.1, 0.15) is 5.76 Å². The molecule has 0 radical (unpaired) electrons. The first-order valence-electron chi connectivity index (χ1n) is 5.68. The standard InChI is InChI=1S/C12H19NO3/c1-3-4-5-6-13-8-10-7-9(2)11(16-10)12(14)15/h7,13H,3-6,8H2,1-2H3,(H,14,15). The van der Waals surface area contributed by atoms with Gasteiger partial charge in [-0.15, -0.1) is 0 Å². The Labute approximate surface area is 95.7 Å². The van der Waals surface area contributed by atoms with Crippen molar-refractivity contribution >= 4 is 5.97 Å². The number of unbranched alkanes of at least 4 members (excludes halogenated alkanes) is 2. The summed E-state index contributed by atoms with van der Waals surface area (Å²) in [5, 5.41) is 12.0. The number of rotatable bonds is 7. The number of hydrogen-bond donors (Lipinski definition) is 2. The van der Waals surface area contributed by atoms with Crippen LogP contribution in [0.3, 0.4) is 0 Å². The van der Waals surface area contributed by atoms with Gasteiger partial charge in [0, 0.05) is 5.56 Å². The predicted molar refractivity (Wildman–Crippen MR) is 61.6 cm³/mol. The fraction of sp³-hybridized carbons (Fsp3) is 0.583. The van der Waals surface area contributed by atoms with E-state index in [0.717, 1.165) is 13.0 Å². The summed E-state index contributed by atoms with van der Waals surface area (Å²) in [5.41, 5.74) is 0.679. The van der Waals surface area contributed by atoms with Crippen molar-refractivity contribution in [3.63, 3.8) is 0 Å². The minimum Gasteiger partial charge on any atom is -0.475 e. The molecule has 0 bridgehead atoms. The van der Waals surface area contributed by atoms with Crippen molar-refractivity contribution in [3.8, 4) is 0 Å². The molecule has 2 N–H and O–H groups in total. The minimum absolute atomic E-state index is 0.0466. The first kappa shape index (κ1) is 12.8. The van der Waals surface area contributed by atoms with Gasteiger partial charge in [0.15, 0.2) is 0 Å². The molecule has 90 valence electrons. The van der Waals surface area contributed by atoms with Gasteiger partial charge in [0.05, 0.1) is 6.54 Å². The molecule has 1 rings (SSSR count). The van der Waals surface area contributed by atoms with Crippen molar-refractivity contribution in [3.05, 3.63) is 23.2 Å². The van der Waals surface area contributed by atoms with Crippen LogP contribution in [0, 0.1) is 6.92 Å². The van der Waals surface area contributed by atoms with Gasteiger partial charge in [-0.25, -0.2) is 4.79 Å². The van der Waals surface area contributed by atoms with Gasteiger partial charge in [-0.1, -0.05) is 19.8 Å². The summed E-state index contributed by atoms with van der Waals surface area (Å²) in [7, 11) is 0. The second kappa shape index (κ2) is 6.33. The second-order valence-electron chi connectivity index (χ2n) is 3.91. The zero-order valence-corrected chi connectivity index (χ0v) is 9.88. The fourth-order valence-electron chi connectivity index (χ4n) is 1.56. The van der Waals surface area contributed by atoms with E-state index in [1.54, 1.807) is 13.0 Å². The molecule has 1 heterocycles. The summed E-state index contributed by atoms with van der Waals surface area (Å²) in [6, 6.07) is 1.77. The van der Waals surface area contributed by atoms with Crippen molar-refractivity contribution < 1.29 is 14.3 Å². The maximum atomic E-state index is 10.7. The lowest BCUT2D eigenvalue weighted by atomic mass is 10.2. The molecule has 0 fully saturated rings. The zero-order valence-electron chi connectivity index (χ0n) is 9.88. The lowest BCUT2D eigenvalue weighted by Crippen LogP contribution is -2.14. The summed E-state index contributed by atoms with van der Waals surface area (Å²) >= 11 is 0. The van der Waals surface area contributed by atoms with Gasteiger partial charge < -0.3 is 14.8 Å². The van der Waals surface area contributed by atoms with Gasteiger partial charge in [-0.2, -0.15) is 0 Å². The maximum absolute atomic E-state index is 10.7. The predicted octanol–water partition coefficient (Wildman–Crippen LogP) is 2.57. The molecule has 0 aliphatic heterocycles. The Hall–Kier alpha value is -1.29. The SMILES string of the molecule is CCCCCNCc1cc(C)c(C(=O)O)o1. The van der Waals surface area contributed by atoms with E-state index in [9.17, 15) is 4.79 Å². The van der Waals surface area contributed by atoms with Crippen molar-refractivity contribution in [2.24, 2.45) is 0 Å². The third-order valence-corrected chi connectivity index (χ3v) is 2.42. The smallest absolute Gasteiger partial charge is 0.372 e. The van der Waals surface area contributed by atoms with Crippen LogP contribution in [-0.2, 0) is 6.54 Å². The van der Waals surface area contributed by atoms with Crippen molar-refractivity contribution in [1.29, 1.82) is 0 Å². The monoisotopic (exact) mass is 225 g/mol. The van der Waals surface area contributed by atoms with E-state index in [1.807, 2.05) is 0 Å². The summed E-state index contributed by atoms with van der Waals surface area (Å²) in [6.07, 6.45) is 3.55. The van der Waals surface area contributed by atoms with Crippen LogP contribution in [0.25, 0.3) is 0 Å². The van der Waals surface area contributed by atoms with Crippen LogP contribution in [0.2, 0.25) is 0 Å². The van der Waals surface area contributed by atoms with Crippen LogP contribution in [0.1, 0.15) is 48.1 Å². The van der Waals surface area contributed by atoms with Crippen molar-refractivity contribution in [2.75, 3.05) is 6.54 Å². The molecule has 0 amide bonds. The van der Waals surface area contributed by atoms with Crippen LogP contribution in [-0.4, -0.2) is 17.6 Å². The van der Waals surface area contributed by atoms with E-state index >= 15 is 0 Å². The quantitative estimate of drug-likeness (QED) is 0.700. The molecule has 1 aromatic rings. The Morgan fingerprint density at radius 3 is 2.81 bits per heavy atom. The average Bonchev–Trinajstić information content (AvgIpc) is 2.59. The van der Waals surface area contributed by atoms with E-state index in [-0.39, 0.29) is 5.76 Å². The highest BCUT2D eigenvalue weighted by molar-refractivity contribution is 5.86. The molecule has 16 heavy (non-hydrogen) atoms. The largest absolute Gasteiger partial charge is 0.475 e. The van der Waals surface area contributed by atoms with Crippen LogP contribution in [0.15, 0.2) is 10.5 Å². The van der Waals surface area contributed by atoms with Crippen LogP contribution in [0.4, 0.5) is 0 Å². The van der Waals surface area contributed by atoms with Crippen LogP contribution in [0.5, 0.6) is 0 Å². The van der Waals surface area contributed by atoms with E-state index in [0.29, 0.717) is 17.9 Å². The topological polar surface area (TPSA) is 62.5 Å². The Morgan fingerprint density at radius 1 is 1.50 bits per heavy atom. The lowest BCUT2D eigenvalue weighted by molar-refractivity contribution is 0.0659. The van der Waals surface area contributed by atoms with E-state index in [1.165, 1.54) is 12.8 Å². The number of furan rings is 1. The fourth-order valence-corrected chi connectivity index (χ4v) is 1.56. The third kappa shape index (κ3) is 3.70. The number of carboxylic acids is 1. The average molecular weight is 225 g/mol. The first-order chi connectivity index (χ1) is 7.65. The van der Waals surface area contributed by atoms with E-state index in [4.69, 9.17) is 9.52 Å². The van der Waals surface area contributed by atoms with Gasteiger partial charge in [-0.3, -0.25) is 0 Å². The second-order valence-corrected chi connectivity index (χ2v) is 3.91. The normalized spacial score (nSPS) is 10.6. The van der Waals surface area contributed by atoms with Gasteiger partial charge in [-0.05, 0) is 26.0 Å². The molecule has 0 aliphatic carbocycles. The Morgan fingerprint density at radius 2 is 2.25 bits per heavy atom. The zero-order chi connectivity index (χ0) is 12.0. The Bertz CT molecular complexity index is 344. The molecule has 0 unspecified atom stereocenters. The molecule has 0 aromatic carbocycles. The maximum Gasteiger partial charge on any atom is 0.372 e. The summed E-state index contributed by atoms with van der Waals surface area (Å²) in [5.74, 6) is -0.272. The van der Waals surface area contributed by atoms with Crippen LogP contribution >= 0.6 is 0 Å². The Balaban J connectivity index is 2.37. The molecule has 0 saturated heterocycles. The number of hydrogen-bond acceptors (Lipinski definition) is 3. The van der Waals surface area contributed by atoms with Gasteiger partial charge >= 0.3 is 5.97 Å². The highest BCUT2D eigenvalue weighted by Crippen LogP contribution is 2.14. The number of nitrogens with one attached hydrogen (secondary N) is 1. The molecule has 0 saturated carbocycles. The minimum atomic E-state index is -1.00. The molecule has 0 atom stereocenters. The van der Waals surface area contributed by atoms with Crippen molar-refractivity contribution in [1.82, 2.24) is 5.32 Å². The number of carboxylic acid groups (broad SMARTS) is 1. The molecule has 4 nitrogen and oxygen atoms in total.